The summed E-state index contributed by atoms with van der Waals surface area (Å²) in [5.74, 6) is -1.59. The topological polar surface area (TPSA) is 67.6 Å². The Labute approximate surface area is 171 Å². The molecule has 3 rings (SSSR count). The van der Waals surface area contributed by atoms with Crippen LogP contribution in [0.15, 0.2) is 30.3 Å². The Bertz CT molecular complexity index is 905. The average Bonchev–Trinajstić information content (AvgIpc) is 2.68. The van der Waals surface area contributed by atoms with Gasteiger partial charge in [-0.25, -0.2) is 13.2 Å². The molecule has 9 heteroatoms. The van der Waals surface area contributed by atoms with Crippen molar-refractivity contribution in [1.82, 2.24) is 5.32 Å². The lowest BCUT2D eigenvalue weighted by atomic mass is 10.0. The maximum atomic E-state index is 14.4. The summed E-state index contributed by atoms with van der Waals surface area (Å²) in [5, 5.41) is 3.03. The first kappa shape index (κ1) is 21.3. The van der Waals surface area contributed by atoms with Crippen LogP contribution in [0.3, 0.4) is 0 Å². The Hall–Kier alpha value is -2.45. The van der Waals surface area contributed by atoms with Gasteiger partial charge in [-0.1, -0.05) is 29.8 Å². The first-order valence-electron chi connectivity index (χ1n) is 9.08. The molecule has 2 aromatic rings. The van der Waals surface area contributed by atoms with Gasteiger partial charge in [-0.15, -0.1) is 0 Å². The fraction of sp³-hybridized carbons (Fsp3) is 0.350. The number of nitrogens with one attached hydrogen (secondary N) is 1. The highest BCUT2D eigenvalue weighted by atomic mass is 35.5. The normalized spacial score (nSPS) is 15.4. The number of halogens is 4. The van der Waals surface area contributed by atoms with E-state index in [1.54, 1.807) is 6.07 Å². The number of ether oxygens (including phenoxy) is 1. The Kier molecular flexibility index (Phi) is 6.54. The van der Waals surface area contributed by atoms with Gasteiger partial charge in [0.1, 0.15) is 5.82 Å². The van der Waals surface area contributed by atoms with Crippen molar-refractivity contribution in [2.45, 2.75) is 19.4 Å². The van der Waals surface area contributed by atoms with Gasteiger partial charge in [-0.2, -0.15) is 0 Å². The van der Waals surface area contributed by atoms with Crippen molar-refractivity contribution in [3.63, 3.8) is 0 Å². The third kappa shape index (κ3) is 4.59. The maximum Gasteiger partial charge on any atom is 0.266 e. The smallest absolute Gasteiger partial charge is 0.266 e. The van der Waals surface area contributed by atoms with Gasteiger partial charge in [-0.05, 0) is 19.1 Å². The molecule has 3 N–H and O–H groups in total. The quantitative estimate of drug-likeness (QED) is 0.697. The number of amides is 1. The van der Waals surface area contributed by atoms with Crippen molar-refractivity contribution in [1.29, 1.82) is 0 Å². The molecule has 156 valence electrons. The van der Waals surface area contributed by atoms with Crippen LogP contribution in [0.5, 0.6) is 0 Å². The minimum atomic E-state index is -2.94. The van der Waals surface area contributed by atoms with Crippen molar-refractivity contribution in [2.75, 3.05) is 36.9 Å². The Balaban J connectivity index is 1.84. The molecule has 29 heavy (non-hydrogen) atoms. The summed E-state index contributed by atoms with van der Waals surface area (Å²) in [5.41, 5.74) is 6.22. The monoisotopic (exact) mass is 427 g/mol. The lowest BCUT2D eigenvalue weighted by Gasteiger charge is -2.30. The number of carbonyl (C=O) groups is 1. The van der Waals surface area contributed by atoms with E-state index in [-0.39, 0.29) is 16.8 Å². The summed E-state index contributed by atoms with van der Waals surface area (Å²) in [6.45, 7) is 3.83. The molecule has 0 unspecified atom stereocenters. The minimum absolute atomic E-state index is 0.0305. The number of hydrogen-bond donors (Lipinski definition) is 2. The highest BCUT2D eigenvalue weighted by molar-refractivity contribution is 6.33. The molecule has 0 radical (unpaired) electrons. The number of rotatable bonds is 5. The van der Waals surface area contributed by atoms with Crippen LogP contribution in [-0.2, 0) is 4.74 Å². The van der Waals surface area contributed by atoms with Crippen LogP contribution < -0.4 is 16.0 Å². The van der Waals surface area contributed by atoms with E-state index in [0.717, 1.165) is 6.07 Å². The van der Waals surface area contributed by atoms with Gasteiger partial charge in [-0.3, -0.25) is 4.79 Å². The molecule has 0 aromatic heterocycles. The molecule has 1 aliphatic rings. The van der Waals surface area contributed by atoms with Gasteiger partial charge in [0.2, 0.25) is 0 Å². The van der Waals surface area contributed by atoms with Gasteiger partial charge in [0.15, 0.2) is 0 Å². The number of carbonyl (C=O) groups excluding carboxylic acids is 1. The predicted molar refractivity (Wildman–Crippen MR) is 106 cm³/mol. The maximum absolute atomic E-state index is 14.4. The van der Waals surface area contributed by atoms with E-state index >= 15 is 0 Å². The van der Waals surface area contributed by atoms with Crippen LogP contribution in [0.4, 0.5) is 24.5 Å². The summed E-state index contributed by atoms with van der Waals surface area (Å²) in [7, 11) is 0. The Morgan fingerprint density at radius 1 is 1.24 bits per heavy atom. The molecular weight excluding hydrogens is 407 g/mol. The SMILES string of the molecule is C[C@@H](NC(=O)c1cc(N2CCOCC2)c(Cl)cc1N)c1cccc(C(F)F)c1F. The van der Waals surface area contributed by atoms with Crippen LogP contribution in [0.1, 0.15) is 40.9 Å². The second-order valence-corrected chi connectivity index (χ2v) is 7.14. The molecule has 0 spiro atoms. The van der Waals surface area contributed by atoms with E-state index in [9.17, 15) is 18.0 Å². The molecular formula is C20H21ClF3N3O2. The zero-order valence-electron chi connectivity index (χ0n) is 15.7. The van der Waals surface area contributed by atoms with Crippen LogP contribution >= 0.6 is 11.6 Å². The number of nitrogens with zero attached hydrogens (tertiary/aromatic N) is 1. The van der Waals surface area contributed by atoms with E-state index in [4.69, 9.17) is 22.1 Å². The largest absolute Gasteiger partial charge is 0.398 e. The Morgan fingerprint density at radius 3 is 2.55 bits per heavy atom. The standard InChI is InChI=1S/C20H21ClF3N3O2/c1-11(12-3-2-4-13(18(12)22)19(23)24)26-20(28)14-9-17(15(21)10-16(14)25)27-5-7-29-8-6-27/h2-4,9-11,19H,5-8,25H2,1H3,(H,26,28)/t11-/m1/s1. The summed E-state index contributed by atoms with van der Waals surface area (Å²) in [6, 6.07) is 5.93. The minimum Gasteiger partial charge on any atom is -0.398 e. The van der Waals surface area contributed by atoms with E-state index in [0.29, 0.717) is 37.0 Å². The van der Waals surface area contributed by atoms with Crippen molar-refractivity contribution in [2.24, 2.45) is 0 Å². The second-order valence-electron chi connectivity index (χ2n) is 6.74. The number of alkyl halides is 2. The zero-order chi connectivity index (χ0) is 21.1. The van der Waals surface area contributed by atoms with Crippen molar-refractivity contribution < 1.29 is 22.7 Å². The van der Waals surface area contributed by atoms with Crippen LogP contribution in [0, 0.1) is 5.82 Å². The first-order chi connectivity index (χ1) is 13.8. The number of nitrogens with two attached hydrogens (primary N) is 1. The van der Waals surface area contributed by atoms with Crippen LogP contribution in [0.25, 0.3) is 0 Å². The number of benzene rings is 2. The van der Waals surface area contributed by atoms with E-state index < -0.39 is 29.8 Å². The first-order valence-corrected chi connectivity index (χ1v) is 9.46. The number of nitrogen functional groups attached to an aromatic ring is 1. The van der Waals surface area contributed by atoms with Gasteiger partial charge in [0.05, 0.1) is 41.1 Å². The second kappa shape index (κ2) is 8.92. The molecule has 1 heterocycles. The summed E-state index contributed by atoms with van der Waals surface area (Å²) in [4.78, 5) is 14.8. The summed E-state index contributed by atoms with van der Waals surface area (Å²) in [6.07, 6.45) is -2.94. The summed E-state index contributed by atoms with van der Waals surface area (Å²) < 4.78 is 45.6. The lowest BCUT2D eigenvalue weighted by molar-refractivity contribution is 0.0940. The molecule has 1 atom stereocenters. The lowest BCUT2D eigenvalue weighted by Crippen LogP contribution is -2.36. The molecule has 0 bridgehead atoms. The third-order valence-corrected chi connectivity index (χ3v) is 5.13. The molecule has 1 saturated heterocycles. The van der Waals surface area contributed by atoms with E-state index in [2.05, 4.69) is 5.32 Å². The van der Waals surface area contributed by atoms with Gasteiger partial charge >= 0.3 is 0 Å². The van der Waals surface area contributed by atoms with E-state index in [1.165, 1.54) is 25.1 Å². The molecule has 1 aliphatic heterocycles. The molecule has 0 aliphatic carbocycles. The van der Waals surface area contributed by atoms with Crippen LogP contribution in [0.2, 0.25) is 5.02 Å². The number of anilines is 2. The average molecular weight is 428 g/mol. The predicted octanol–water partition coefficient (Wildman–Crippen LogP) is 4.33. The molecule has 5 nitrogen and oxygen atoms in total. The fourth-order valence-corrected chi connectivity index (χ4v) is 3.54. The Morgan fingerprint density at radius 2 is 1.90 bits per heavy atom. The van der Waals surface area contributed by atoms with Gasteiger partial charge in [0, 0.05) is 24.3 Å². The fourth-order valence-electron chi connectivity index (χ4n) is 3.24. The van der Waals surface area contributed by atoms with Crippen molar-refractivity contribution >= 4 is 28.9 Å². The molecule has 0 saturated carbocycles. The molecule has 1 amide bonds. The molecule has 2 aromatic carbocycles. The van der Waals surface area contributed by atoms with Crippen molar-refractivity contribution in [3.05, 3.63) is 57.9 Å². The highest BCUT2D eigenvalue weighted by Gasteiger charge is 2.23. The zero-order valence-corrected chi connectivity index (χ0v) is 16.5. The van der Waals surface area contributed by atoms with Crippen molar-refractivity contribution in [3.8, 4) is 0 Å². The third-order valence-electron chi connectivity index (χ3n) is 4.82. The van der Waals surface area contributed by atoms with Gasteiger partial charge in [0.25, 0.3) is 12.3 Å². The molecule has 1 fully saturated rings. The number of morpholine rings is 1. The number of hydrogen-bond acceptors (Lipinski definition) is 4. The van der Waals surface area contributed by atoms with E-state index in [1.807, 2.05) is 4.90 Å². The van der Waals surface area contributed by atoms with Crippen LogP contribution in [-0.4, -0.2) is 32.2 Å². The van der Waals surface area contributed by atoms with Gasteiger partial charge < -0.3 is 20.7 Å². The highest BCUT2D eigenvalue weighted by Crippen LogP contribution is 2.32. The summed E-state index contributed by atoms with van der Waals surface area (Å²) >= 11 is 6.29.